The lowest BCUT2D eigenvalue weighted by atomic mass is 9.90. The van der Waals surface area contributed by atoms with Gasteiger partial charge in [-0.15, -0.1) is 0 Å². The van der Waals surface area contributed by atoms with Gasteiger partial charge >= 0.3 is 6.09 Å². The predicted octanol–water partition coefficient (Wildman–Crippen LogP) is 7.07. The number of nitrogens with zero attached hydrogens (tertiary/aromatic N) is 5. The molecule has 1 aromatic heterocycles. The molecular weight excluding hydrogens is 707 g/mol. The Kier molecular flexibility index (Phi) is 10.9. The molecule has 7 rings (SSSR count). The van der Waals surface area contributed by atoms with E-state index in [0.717, 1.165) is 46.6 Å². The van der Waals surface area contributed by atoms with Crippen molar-refractivity contribution in [3.63, 3.8) is 0 Å². The molecule has 3 amide bonds. The number of amides is 3. The van der Waals surface area contributed by atoms with E-state index in [9.17, 15) is 19.5 Å². The van der Waals surface area contributed by atoms with E-state index in [-0.39, 0.29) is 30.2 Å². The Morgan fingerprint density at radius 3 is 2.23 bits per heavy atom. The maximum Gasteiger partial charge on any atom is 0.415 e. The van der Waals surface area contributed by atoms with Gasteiger partial charge in [-0.1, -0.05) is 24.3 Å². The highest BCUT2D eigenvalue weighted by Gasteiger charge is 2.32. The third-order valence-electron chi connectivity index (χ3n) is 11.0. The zero-order chi connectivity index (χ0) is 39.7. The number of benzene rings is 4. The molecule has 1 atom stereocenters. The van der Waals surface area contributed by atoms with E-state index >= 15 is 0 Å². The Balaban J connectivity index is 1.20. The third-order valence-corrected chi connectivity index (χ3v) is 11.0. The maximum absolute atomic E-state index is 14.8. The lowest BCUT2D eigenvalue weighted by molar-refractivity contribution is 0.0658. The Morgan fingerprint density at radius 1 is 0.821 bits per heavy atom. The summed E-state index contributed by atoms with van der Waals surface area (Å²) in [5, 5.41) is 9.79. The predicted molar refractivity (Wildman–Crippen MR) is 217 cm³/mol. The minimum absolute atomic E-state index is 0.0382. The van der Waals surface area contributed by atoms with Crippen LogP contribution in [0, 0.1) is 6.92 Å². The fourth-order valence-corrected chi connectivity index (χ4v) is 7.52. The number of anilines is 1. The molecule has 2 aliphatic heterocycles. The monoisotopic (exact) mass is 755 g/mol. The van der Waals surface area contributed by atoms with E-state index in [0.29, 0.717) is 54.4 Å². The van der Waals surface area contributed by atoms with Gasteiger partial charge in [-0.05, 0) is 130 Å². The first-order valence-electron chi connectivity index (χ1n) is 19.0. The number of hydrogen-bond donors (Lipinski definition) is 1. The number of aromatic hydroxyl groups is 1. The first-order valence-corrected chi connectivity index (χ1v) is 19.0. The molecule has 290 valence electrons. The lowest BCUT2D eigenvalue weighted by Crippen LogP contribution is -2.43. The molecule has 1 N–H and O–H groups in total. The molecule has 0 bridgehead atoms. The normalized spacial score (nSPS) is 14.9. The second-order valence-electron chi connectivity index (χ2n) is 15.1. The molecule has 11 heteroatoms. The summed E-state index contributed by atoms with van der Waals surface area (Å²) >= 11 is 0. The van der Waals surface area contributed by atoms with Gasteiger partial charge in [0.25, 0.3) is 11.8 Å². The molecule has 11 nitrogen and oxygen atoms in total. The molecule has 3 heterocycles. The molecule has 56 heavy (non-hydrogen) atoms. The summed E-state index contributed by atoms with van der Waals surface area (Å²) in [7, 11) is 7.59. The highest BCUT2D eigenvalue weighted by molar-refractivity contribution is 6.08. The van der Waals surface area contributed by atoms with E-state index in [2.05, 4.69) is 25.1 Å². The molecule has 5 aromatic rings. The van der Waals surface area contributed by atoms with Gasteiger partial charge in [-0.3, -0.25) is 9.59 Å². The molecule has 0 spiro atoms. The van der Waals surface area contributed by atoms with Crippen molar-refractivity contribution >= 4 is 23.6 Å². The Labute approximate surface area is 328 Å². The average molecular weight is 756 g/mol. The van der Waals surface area contributed by atoms with Crippen molar-refractivity contribution in [1.82, 2.24) is 19.3 Å². The molecule has 2 aliphatic rings. The van der Waals surface area contributed by atoms with E-state index < -0.39 is 6.09 Å². The van der Waals surface area contributed by atoms with Crippen LogP contribution in [0.3, 0.4) is 0 Å². The van der Waals surface area contributed by atoms with Crippen molar-refractivity contribution < 1.29 is 29.0 Å². The van der Waals surface area contributed by atoms with Crippen LogP contribution in [0.4, 0.5) is 10.5 Å². The van der Waals surface area contributed by atoms with Crippen molar-refractivity contribution in [1.29, 1.82) is 0 Å². The molecular formula is C45H49N5O6. The number of carbonyl (C=O) groups excluding carboxylic acids is 3. The second kappa shape index (κ2) is 16.0. The largest absolute Gasteiger partial charge is 0.508 e. The fourth-order valence-electron chi connectivity index (χ4n) is 7.52. The smallest absolute Gasteiger partial charge is 0.415 e. The van der Waals surface area contributed by atoms with E-state index in [4.69, 9.17) is 9.47 Å². The molecule has 0 aliphatic carbocycles. The van der Waals surface area contributed by atoms with Crippen LogP contribution in [0.5, 0.6) is 17.2 Å². The van der Waals surface area contributed by atoms with Gasteiger partial charge in [0.15, 0.2) is 0 Å². The zero-order valence-corrected chi connectivity index (χ0v) is 32.9. The first kappa shape index (κ1) is 38.2. The zero-order valence-electron chi connectivity index (χ0n) is 32.9. The molecule has 0 fully saturated rings. The summed E-state index contributed by atoms with van der Waals surface area (Å²) in [6.45, 7) is 6.53. The Hall–Kier alpha value is -6.07. The molecule has 0 saturated heterocycles. The highest BCUT2D eigenvalue weighted by Crippen LogP contribution is 2.36. The van der Waals surface area contributed by atoms with Crippen molar-refractivity contribution in [3.8, 4) is 28.5 Å². The van der Waals surface area contributed by atoms with Crippen molar-refractivity contribution in [2.45, 2.75) is 45.8 Å². The van der Waals surface area contributed by atoms with Crippen LogP contribution >= 0.6 is 0 Å². The van der Waals surface area contributed by atoms with E-state index in [1.54, 1.807) is 65.4 Å². The standard InChI is InChI=1S/C45H49N5O6/c1-29-23-31-9-7-8-10-33(31)28-50(29)44(53)41-25-34-27-49(45(54)56-38-17-15-37(16-18-38)55-22-21-46(3)4)20-19-32(34)24-40(41)42-26-39(30(2)47(42)5)43(52)48(6)35-11-13-36(51)14-12-35/h7-18,24-26,29,51H,19-23,27-28H2,1-6H3/t29-/m1/s1. The van der Waals surface area contributed by atoms with Gasteiger partial charge < -0.3 is 38.7 Å². The number of likely N-dealkylation sites (N-methyl/N-ethyl adjacent to an activating group) is 1. The van der Waals surface area contributed by atoms with Gasteiger partial charge in [-0.2, -0.15) is 0 Å². The van der Waals surface area contributed by atoms with Gasteiger partial charge in [-0.25, -0.2) is 4.79 Å². The number of hydrogen-bond acceptors (Lipinski definition) is 7. The number of phenols is 1. The summed E-state index contributed by atoms with van der Waals surface area (Å²) < 4.78 is 13.5. The van der Waals surface area contributed by atoms with Crippen LogP contribution in [0.1, 0.15) is 55.6 Å². The average Bonchev–Trinajstić information content (AvgIpc) is 3.49. The van der Waals surface area contributed by atoms with Gasteiger partial charge in [0.1, 0.15) is 23.9 Å². The van der Waals surface area contributed by atoms with Gasteiger partial charge in [0.05, 0.1) is 5.56 Å². The Morgan fingerprint density at radius 2 is 1.52 bits per heavy atom. The number of fused-ring (bicyclic) bond motifs is 2. The minimum atomic E-state index is -0.464. The van der Waals surface area contributed by atoms with Crippen molar-refractivity contribution in [2.75, 3.05) is 45.7 Å². The van der Waals surface area contributed by atoms with Crippen LogP contribution in [-0.4, -0.2) is 89.2 Å². The van der Waals surface area contributed by atoms with Crippen LogP contribution in [-0.2, 0) is 33.0 Å². The highest BCUT2D eigenvalue weighted by atomic mass is 16.6. The minimum Gasteiger partial charge on any atom is -0.508 e. The number of ether oxygens (including phenoxy) is 2. The van der Waals surface area contributed by atoms with Crippen LogP contribution in [0.2, 0.25) is 0 Å². The van der Waals surface area contributed by atoms with Crippen LogP contribution < -0.4 is 14.4 Å². The van der Waals surface area contributed by atoms with E-state index in [1.807, 2.05) is 66.7 Å². The maximum atomic E-state index is 14.8. The third kappa shape index (κ3) is 7.85. The number of aromatic nitrogens is 1. The number of carbonyl (C=O) groups is 3. The molecule has 0 unspecified atom stereocenters. The summed E-state index contributed by atoms with van der Waals surface area (Å²) in [6.07, 6.45) is 0.849. The summed E-state index contributed by atoms with van der Waals surface area (Å²) in [4.78, 5) is 49.5. The van der Waals surface area contributed by atoms with Gasteiger partial charge in [0.2, 0.25) is 0 Å². The topological polar surface area (TPSA) is 108 Å². The van der Waals surface area contributed by atoms with Gasteiger partial charge in [0, 0.05) is 74.5 Å². The number of phenolic OH excluding ortho intramolecular Hbond substituents is 1. The van der Waals surface area contributed by atoms with Crippen molar-refractivity contribution in [2.24, 2.45) is 7.05 Å². The summed E-state index contributed by atoms with van der Waals surface area (Å²) in [5.41, 5.74) is 8.19. The van der Waals surface area contributed by atoms with E-state index in [1.165, 1.54) is 5.56 Å². The molecule has 0 radical (unpaired) electrons. The molecule has 4 aromatic carbocycles. The second-order valence-corrected chi connectivity index (χ2v) is 15.1. The Bertz CT molecular complexity index is 2260. The SMILES string of the molecule is Cc1c(C(=O)N(C)c2ccc(O)cc2)cc(-c2cc3c(cc2C(=O)N2Cc4ccccc4C[C@H]2C)CN(C(=O)Oc2ccc(OCCN(C)C)cc2)CC3)n1C. The van der Waals surface area contributed by atoms with Crippen molar-refractivity contribution in [3.05, 3.63) is 130 Å². The fraction of sp³-hybridized carbons (Fsp3) is 0.311. The quantitative estimate of drug-likeness (QED) is 0.172. The number of rotatable bonds is 9. The summed E-state index contributed by atoms with van der Waals surface area (Å²) in [5.74, 6) is 0.933. The van der Waals surface area contributed by atoms with Crippen LogP contribution in [0.25, 0.3) is 11.3 Å². The lowest BCUT2D eigenvalue weighted by Gasteiger charge is -2.36. The molecule has 0 saturated carbocycles. The summed E-state index contributed by atoms with van der Waals surface area (Å²) in [6, 6.07) is 27.6. The van der Waals surface area contributed by atoms with Crippen LogP contribution in [0.15, 0.2) is 91.0 Å². The first-order chi connectivity index (χ1) is 26.9.